The highest BCUT2D eigenvalue weighted by Gasteiger charge is 2.33. The van der Waals surface area contributed by atoms with Gasteiger partial charge in [-0.25, -0.2) is 9.78 Å². The maximum atomic E-state index is 12.1. The maximum Gasteiger partial charge on any atom is 0.363 e. The quantitative estimate of drug-likeness (QED) is 0.550. The van der Waals surface area contributed by atoms with Crippen LogP contribution in [0.2, 0.25) is 0 Å². The van der Waals surface area contributed by atoms with Gasteiger partial charge < -0.3 is 4.84 Å². The second-order valence-corrected chi connectivity index (χ2v) is 8.13. The van der Waals surface area contributed by atoms with Crippen LogP contribution in [0.15, 0.2) is 53.7 Å². The van der Waals surface area contributed by atoms with Crippen molar-refractivity contribution in [2.45, 2.75) is 30.0 Å². The molecule has 0 saturated carbocycles. The largest absolute Gasteiger partial charge is 0.363 e. The second-order valence-electron chi connectivity index (χ2n) is 5.57. The van der Waals surface area contributed by atoms with Crippen LogP contribution >= 0.6 is 21.6 Å². The normalized spacial score (nSPS) is 15.2. The fourth-order valence-electron chi connectivity index (χ4n) is 2.26. The van der Waals surface area contributed by atoms with Crippen molar-refractivity contribution in [2.24, 2.45) is 0 Å². The number of rotatable bonds is 6. The van der Waals surface area contributed by atoms with Gasteiger partial charge in [-0.15, -0.1) is 5.06 Å². The highest BCUT2D eigenvalue weighted by Crippen LogP contribution is 2.41. The number of imide groups is 1. The number of carbonyl (C=O) groups excluding carboxylic acids is 3. The molecule has 0 aliphatic carbocycles. The third kappa shape index (κ3) is 4.44. The van der Waals surface area contributed by atoms with Gasteiger partial charge in [0.2, 0.25) is 0 Å². The van der Waals surface area contributed by atoms with E-state index in [1.807, 2.05) is 30.3 Å². The summed E-state index contributed by atoms with van der Waals surface area (Å²) in [7, 11) is 3.25. The zero-order valence-corrected chi connectivity index (χ0v) is 15.6. The Hall–Kier alpha value is -2.32. The van der Waals surface area contributed by atoms with E-state index < -0.39 is 17.8 Å². The number of hydrogen-bond acceptors (Lipinski definition) is 7. The van der Waals surface area contributed by atoms with Gasteiger partial charge in [-0.1, -0.05) is 29.0 Å². The number of benzene rings is 1. The third-order valence-electron chi connectivity index (χ3n) is 3.71. The van der Waals surface area contributed by atoms with Crippen LogP contribution in [0.3, 0.4) is 0 Å². The van der Waals surface area contributed by atoms with Gasteiger partial charge in [-0.05, 0) is 47.5 Å². The Morgan fingerprint density at radius 2 is 1.81 bits per heavy atom. The van der Waals surface area contributed by atoms with E-state index in [4.69, 9.17) is 4.84 Å². The van der Waals surface area contributed by atoms with Crippen molar-refractivity contribution in [1.82, 2.24) is 10.0 Å². The van der Waals surface area contributed by atoms with Crippen LogP contribution in [0.4, 0.5) is 0 Å². The molecule has 8 heteroatoms. The van der Waals surface area contributed by atoms with Crippen LogP contribution in [-0.2, 0) is 14.4 Å². The van der Waals surface area contributed by atoms with Crippen molar-refractivity contribution in [3.8, 4) is 0 Å². The van der Waals surface area contributed by atoms with Crippen molar-refractivity contribution in [1.29, 1.82) is 0 Å². The van der Waals surface area contributed by atoms with E-state index in [0.717, 1.165) is 10.6 Å². The summed E-state index contributed by atoms with van der Waals surface area (Å²) >= 11 is 0. The van der Waals surface area contributed by atoms with Gasteiger partial charge in [0.05, 0.1) is 5.56 Å². The SMILES string of the molecule is C[C@@H](SSc1ccccn1)c1ccc(C(=O)ON2C(=O)CCC2=O)cc1. The summed E-state index contributed by atoms with van der Waals surface area (Å²) in [5.41, 5.74) is 1.33. The number of nitrogens with zero attached hydrogens (tertiary/aromatic N) is 2. The molecule has 0 radical (unpaired) electrons. The highest BCUT2D eigenvalue weighted by atomic mass is 33.1. The summed E-state index contributed by atoms with van der Waals surface area (Å²) in [5.74, 6) is -1.70. The Morgan fingerprint density at radius 3 is 2.42 bits per heavy atom. The average Bonchev–Trinajstić information content (AvgIpc) is 2.99. The Labute approximate surface area is 158 Å². The van der Waals surface area contributed by atoms with E-state index in [1.54, 1.807) is 39.9 Å². The molecule has 1 aliphatic heterocycles. The monoisotopic (exact) mass is 388 g/mol. The molecule has 2 amide bonds. The minimum absolute atomic E-state index is 0.0771. The number of carbonyl (C=O) groups is 3. The Bertz CT molecular complexity index is 796. The maximum absolute atomic E-state index is 12.1. The molecular weight excluding hydrogens is 372 g/mol. The fraction of sp³-hybridized carbons (Fsp3) is 0.222. The Balaban J connectivity index is 1.58. The van der Waals surface area contributed by atoms with Crippen LogP contribution in [0.25, 0.3) is 0 Å². The molecule has 0 spiro atoms. The highest BCUT2D eigenvalue weighted by molar-refractivity contribution is 8.76. The first-order valence-electron chi connectivity index (χ1n) is 7.97. The Morgan fingerprint density at radius 1 is 1.12 bits per heavy atom. The van der Waals surface area contributed by atoms with Crippen LogP contribution in [0.1, 0.15) is 40.9 Å². The first kappa shape index (κ1) is 18.5. The van der Waals surface area contributed by atoms with Crippen LogP contribution in [-0.4, -0.2) is 27.8 Å². The Kier molecular flexibility index (Phi) is 5.95. The minimum Gasteiger partial charge on any atom is -0.325 e. The lowest BCUT2D eigenvalue weighted by Gasteiger charge is -2.13. The van der Waals surface area contributed by atoms with Crippen molar-refractivity contribution in [3.05, 3.63) is 59.8 Å². The number of aromatic nitrogens is 1. The van der Waals surface area contributed by atoms with E-state index in [1.165, 1.54) is 0 Å². The lowest BCUT2D eigenvalue weighted by atomic mass is 10.1. The van der Waals surface area contributed by atoms with E-state index in [9.17, 15) is 14.4 Å². The van der Waals surface area contributed by atoms with Crippen molar-refractivity contribution >= 4 is 39.4 Å². The first-order chi connectivity index (χ1) is 12.5. The molecular formula is C18H16N2O4S2. The third-order valence-corrected chi connectivity index (χ3v) is 6.45. The fourth-order valence-corrected chi connectivity index (χ4v) is 4.36. The molecule has 3 rings (SSSR count). The summed E-state index contributed by atoms with van der Waals surface area (Å²) < 4.78 is 0. The van der Waals surface area contributed by atoms with Gasteiger partial charge in [-0.3, -0.25) is 9.59 Å². The van der Waals surface area contributed by atoms with Crippen molar-refractivity contribution in [2.75, 3.05) is 0 Å². The van der Waals surface area contributed by atoms with E-state index in [2.05, 4.69) is 11.9 Å². The lowest BCUT2D eigenvalue weighted by molar-refractivity contribution is -0.172. The van der Waals surface area contributed by atoms with Gasteiger partial charge in [0.15, 0.2) is 0 Å². The summed E-state index contributed by atoms with van der Waals surface area (Å²) in [6, 6.07) is 12.7. The van der Waals surface area contributed by atoms with E-state index in [0.29, 0.717) is 5.06 Å². The molecule has 1 saturated heterocycles. The van der Waals surface area contributed by atoms with Gasteiger partial charge in [0.25, 0.3) is 11.8 Å². The molecule has 6 nitrogen and oxygen atoms in total. The molecule has 1 aromatic carbocycles. The van der Waals surface area contributed by atoms with Crippen LogP contribution in [0, 0.1) is 0 Å². The molecule has 0 N–H and O–H groups in total. The molecule has 1 aromatic heterocycles. The molecule has 0 bridgehead atoms. The van der Waals surface area contributed by atoms with Crippen molar-refractivity contribution < 1.29 is 19.2 Å². The predicted octanol–water partition coefficient (Wildman–Crippen LogP) is 3.80. The molecule has 1 aliphatic rings. The topological polar surface area (TPSA) is 76.6 Å². The molecule has 1 fully saturated rings. The van der Waals surface area contributed by atoms with E-state index in [-0.39, 0.29) is 23.7 Å². The predicted molar refractivity (Wildman–Crippen MR) is 99.0 cm³/mol. The molecule has 26 heavy (non-hydrogen) atoms. The molecule has 0 unspecified atom stereocenters. The summed E-state index contributed by atoms with van der Waals surface area (Å²) in [5, 5.41) is 1.68. The smallest absolute Gasteiger partial charge is 0.325 e. The lowest BCUT2D eigenvalue weighted by Crippen LogP contribution is -2.32. The summed E-state index contributed by atoms with van der Waals surface area (Å²) in [6.07, 6.45) is 1.91. The number of hydrogen-bond donors (Lipinski definition) is 0. The van der Waals surface area contributed by atoms with Crippen LogP contribution in [0.5, 0.6) is 0 Å². The van der Waals surface area contributed by atoms with Crippen LogP contribution < -0.4 is 0 Å². The standard InChI is InChI=1S/C18H16N2O4S2/c1-12(25-26-15-4-2-3-11-19-15)13-5-7-14(8-6-13)18(23)24-20-16(21)9-10-17(20)22/h2-8,11-12H,9-10H2,1H3/t12-/m1/s1. The molecule has 1 atom stereocenters. The summed E-state index contributed by atoms with van der Waals surface area (Å²) in [4.78, 5) is 44.3. The first-order valence-corrected chi connectivity index (χ1v) is 10.2. The number of hydroxylamine groups is 2. The van der Waals surface area contributed by atoms with Gasteiger partial charge in [0, 0.05) is 24.3 Å². The zero-order chi connectivity index (χ0) is 18.5. The van der Waals surface area contributed by atoms with Gasteiger partial charge >= 0.3 is 5.97 Å². The molecule has 134 valence electrons. The zero-order valence-electron chi connectivity index (χ0n) is 14.0. The van der Waals surface area contributed by atoms with Gasteiger partial charge in [0.1, 0.15) is 5.03 Å². The minimum atomic E-state index is -0.719. The second kappa shape index (κ2) is 8.37. The van der Waals surface area contributed by atoms with Gasteiger partial charge in [-0.2, -0.15) is 0 Å². The summed E-state index contributed by atoms with van der Waals surface area (Å²) in [6.45, 7) is 2.06. The molecule has 2 heterocycles. The molecule has 2 aromatic rings. The number of amides is 2. The van der Waals surface area contributed by atoms with E-state index >= 15 is 0 Å². The average molecular weight is 388 g/mol. The van der Waals surface area contributed by atoms with Crippen molar-refractivity contribution in [3.63, 3.8) is 0 Å². The number of pyridine rings is 1.